The second-order valence-corrected chi connectivity index (χ2v) is 3.75. The van der Waals surface area contributed by atoms with Gasteiger partial charge in [-0.25, -0.2) is 0 Å². The molecule has 0 amide bonds. The Morgan fingerprint density at radius 1 is 1.62 bits per heavy atom. The van der Waals surface area contributed by atoms with E-state index in [1.165, 1.54) is 5.69 Å². The summed E-state index contributed by atoms with van der Waals surface area (Å²) >= 11 is 0. The maximum Gasteiger partial charge on any atom is 0.0478 e. The van der Waals surface area contributed by atoms with Gasteiger partial charge >= 0.3 is 0 Å². The van der Waals surface area contributed by atoms with Gasteiger partial charge in [-0.05, 0) is 12.1 Å². The molecule has 1 saturated heterocycles. The Hall–Kier alpha value is -0.800. The van der Waals surface area contributed by atoms with Crippen molar-refractivity contribution in [1.82, 2.24) is 9.88 Å². The van der Waals surface area contributed by atoms with Gasteiger partial charge < -0.3 is 15.0 Å². The van der Waals surface area contributed by atoms with Crippen molar-refractivity contribution in [3.8, 4) is 0 Å². The average molecular weight is 180 g/mol. The third kappa shape index (κ3) is 1.49. The minimum Gasteiger partial charge on any atom is -0.396 e. The van der Waals surface area contributed by atoms with Crippen LogP contribution in [0.4, 0.5) is 0 Å². The lowest BCUT2D eigenvalue weighted by atomic mass is 9.94. The van der Waals surface area contributed by atoms with Crippen molar-refractivity contribution in [3.63, 3.8) is 0 Å². The van der Waals surface area contributed by atoms with E-state index in [1.807, 2.05) is 0 Å². The molecule has 1 aromatic heterocycles. The van der Waals surface area contributed by atoms with E-state index in [0.717, 1.165) is 13.1 Å². The van der Waals surface area contributed by atoms with Gasteiger partial charge in [0, 0.05) is 50.5 Å². The van der Waals surface area contributed by atoms with Gasteiger partial charge in [-0.15, -0.1) is 0 Å². The van der Waals surface area contributed by atoms with Crippen molar-refractivity contribution >= 4 is 0 Å². The number of aromatic nitrogens is 1. The highest BCUT2D eigenvalue weighted by Gasteiger charge is 2.28. The van der Waals surface area contributed by atoms with Crippen LogP contribution in [-0.2, 0) is 7.05 Å². The molecule has 0 aromatic carbocycles. The van der Waals surface area contributed by atoms with Crippen LogP contribution in [0, 0.1) is 5.92 Å². The van der Waals surface area contributed by atoms with E-state index in [2.05, 4.69) is 35.3 Å². The summed E-state index contributed by atoms with van der Waals surface area (Å²) in [6.45, 7) is 2.21. The fraction of sp³-hybridized carbons (Fsp3) is 0.600. The number of aliphatic hydroxyl groups is 1. The van der Waals surface area contributed by atoms with Crippen LogP contribution in [-0.4, -0.2) is 29.4 Å². The molecule has 1 aliphatic heterocycles. The minimum atomic E-state index is 0.281. The van der Waals surface area contributed by atoms with Crippen LogP contribution in [0.2, 0.25) is 0 Å². The average Bonchev–Trinajstić information content (AvgIpc) is 2.71. The summed E-state index contributed by atoms with van der Waals surface area (Å²) in [5.41, 5.74) is 1.32. The third-order valence-corrected chi connectivity index (χ3v) is 2.94. The summed E-state index contributed by atoms with van der Waals surface area (Å²) in [6, 6.07) is 4.20. The molecule has 0 aliphatic carbocycles. The lowest BCUT2D eigenvalue weighted by molar-refractivity contribution is 0.224. The Balaban J connectivity index is 2.20. The van der Waals surface area contributed by atoms with Crippen molar-refractivity contribution in [2.45, 2.75) is 5.92 Å². The maximum atomic E-state index is 9.18. The predicted molar refractivity (Wildman–Crippen MR) is 51.6 cm³/mol. The Kier molecular flexibility index (Phi) is 2.38. The van der Waals surface area contributed by atoms with Gasteiger partial charge in [-0.1, -0.05) is 0 Å². The zero-order valence-corrected chi connectivity index (χ0v) is 7.90. The van der Waals surface area contributed by atoms with Gasteiger partial charge in [0.2, 0.25) is 0 Å². The predicted octanol–water partition coefficient (Wildman–Crippen LogP) is 0.320. The van der Waals surface area contributed by atoms with Crippen LogP contribution in [0.1, 0.15) is 11.6 Å². The lowest BCUT2D eigenvalue weighted by Gasteiger charge is -2.16. The first-order valence-corrected chi connectivity index (χ1v) is 4.75. The first kappa shape index (κ1) is 8.78. The van der Waals surface area contributed by atoms with Gasteiger partial charge in [-0.2, -0.15) is 0 Å². The van der Waals surface area contributed by atoms with Crippen LogP contribution < -0.4 is 5.32 Å². The molecule has 72 valence electrons. The molecule has 0 spiro atoms. The highest BCUT2D eigenvalue weighted by molar-refractivity contribution is 5.16. The summed E-state index contributed by atoms with van der Waals surface area (Å²) in [7, 11) is 2.06. The van der Waals surface area contributed by atoms with E-state index in [0.29, 0.717) is 11.8 Å². The highest BCUT2D eigenvalue weighted by atomic mass is 16.3. The molecule has 2 atom stereocenters. The van der Waals surface area contributed by atoms with Gasteiger partial charge in [0.05, 0.1) is 0 Å². The highest BCUT2D eigenvalue weighted by Crippen LogP contribution is 2.27. The van der Waals surface area contributed by atoms with Crippen molar-refractivity contribution in [3.05, 3.63) is 24.0 Å². The van der Waals surface area contributed by atoms with E-state index in [4.69, 9.17) is 0 Å². The molecule has 1 aromatic rings. The molecule has 3 nitrogen and oxygen atoms in total. The standard InChI is InChI=1S/C10H16N2O/c1-12-4-2-3-10(12)9-6-11-5-8(9)7-13/h2-4,8-9,11,13H,5-7H2,1H3/t8-,9+/m0/s1. The van der Waals surface area contributed by atoms with Gasteiger partial charge in [-0.3, -0.25) is 0 Å². The van der Waals surface area contributed by atoms with Crippen molar-refractivity contribution in [2.75, 3.05) is 19.7 Å². The molecule has 1 aliphatic rings. The molecule has 0 radical (unpaired) electrons. The normalized spacial score (nSPS) is 28.2. The summed E-state index contributed by atoms with van der Waals surface area (Å²) in [5, 5.41) is 12.5. The number of nitrogens with zero attached hydrogens (tertiary/aromatic N) is 1. The van der Waals surface area contributed by atoms with Crippen molar-refractivity contribution in [2.24, 2.45) is 13.0 Å². The second kappa shape index (κ2) is 3.52. The first-order chi connectivity index (χ1) is 6.33. The summed E-state index contributed by atoms with van der Waals surface area (Å²) in [6.07, 6.45) is 2.06. The van der Waals surface area contributed by atoms with Gasteiger partial charge in [0.1, 0.15) is 0 Å². The van der Waals surface area contributed by atoms with Crippen molar-refractivity contribution in [1.29, 1.82) is 0 Å². The summed E-state index contributed by atoms with van der Waals surface area (Å²) < 4.78 is 2.14. The second-order valence-electron chi connectivity index (χ2n) is 3.75. The van der Waals surface area contributed by atoms with Crippen LogP contribution in [0.3, 0.4) is 0 Å². The number of aliphatic hydroxyl groups excluding tert-OH is 1. The molecule has 1 fully saturated rings. The number of hydrogen-bond acceptors (Lipinski definition) is 2. The molecule has 0 unspecified atom stereocenters. The maximum absolute atomic E-state index is 9.18. The Labute approximate surface area is 78.4 Å². The zero-order valence-electron chi connectivity index (χ0n) is 7.90. The number of nitrogens with one attached hydrogen (secondary N) is 1. The van der Waals surface area contributed by atoms with Crippen LogP contribution >= 0.6 is 0 Å². The SMILES string of the molecule is Cn1cccc1[C@@H]1CNC[C@H]1CO. The summed E-state index contributed by atoms with van der Waals surface area (Å²) in [5.74, 6) is 0.860. The minimum absolute atomic E-state index is 0.281. The molecular formula is C10H16N2O. The van der Waals surface area contributed by atoms with E-state index in [9.17, 15) is 5.11 Å². The topological polar surface area (TPSA) is 37.2 Å². The van der Waals surface area contributed by atoms with Crippen molar-refractivity contribution < 1.29 is 5.11 Å². The van der Waals surface area contributed by atoms with E-state index >= 15 is 0 Å². The number of hydrogen-bond donors (Lipinski definition) is 2. The van der Waals surface area contributed by atoms with Crippen LogP contribution in [0.5, 0.6) is 0 Å². The molecule has 2 N–H and O–H groups in total. The van der Waals surface area contributed by atoms with Gasteiger partial charge in [0.15, 0.2) is 0 Å². The Morgan fingerprint density at radius 3 is 3.08 bits per heavy atom. The molecule has 0 saturated carbocycles. The smallest absolute Gasteiger partial charge is 0.0478 e. The summed E-state index contributed by atoms with van der Waals surface area (Å²) in [4.78, 5) is 0. The zero-order chi connectivity index (χ0) is 9.26. The van der Waals surface area contributed by atoms with Gasteiger partial charge in [0.25, 0.3) is 0 Å². The van der Waals surface area contributed by atoms with Crippen LogP contribution in [0.25, 0.3) is 0 Å². The number of rotatable bonds is 2. The van der Waals surface area contributed by atoms with E-state index in [1.54, 1.807) is 0 Å². The Bertz CT molecular complexity index is 282. The third-order valence-electron chi connectivity index (χ3n) is 2.94. The molecule has 13 heavy (non-hydrogen) atoms. The van der Waals surface area contributed by atoms with E-state index < -0.39 is 0 Å². The fourth-order valence-corrected chi connectivity index (χ4v) is 2.13. The first-order valence-electron chi connectivity index (χ1n) is 4.75. The monoisotopic (exact) mass is 180 g/mol. The molecule has 3 heteroatoms. The molecule has 2 heterocycles. The Morgan fingerprint density at radius 2 is 2.46 bits per heavy atom. The molecular weight excluding hydrogens is 164 g/mol. The molecule has 2 rings (SSSR count). The quantitative estimate of drug-likeness (QED) is 0.688. The van der Waals surface area contributed by atoms with Crippen LogP contribution in [0.15, 0.2) is 18.3 Å². The molecule has 0 bridgehead atoms. The fourth-order valence-electron chi connectivity index (χ4n) is 2.13. The lowest BCUT2D eigenvalue weighted by Crippen LogP contribution is -2.16. The van der Waals surface area contributed by atoms with E-state index in [-0.39, 0.29) is 6.61 Å². The largest absolute Gasteiger partial charge is 0.396 e. The number of aryl methyl sites for hydroxylation is 1.